The zero-order chi connectivity index (χ0) is 20.0. The first-order valence-electron chi connectivity index (χ1n) is 8.83. The van der Waals surface area contributed by atoms with Crippen molar-refractivity contribution in [2.75, 3.05) is 28.4 Å². The highest BCUT2D eigenvalue weighted by molar-refractivity contribution is 5.88. The molecule has 8 unspecified atom stereocenters. The summed E-state index contributed by atoms with van der Waals surface area (Å²) in [4.78, 5) is 49.9. The van der Waals surface area contributed by atoms with Crippen LogP contribution in [0.25, 0.3) is 0 Å². The van der Waals surface area contributed by atoms with Crippen LogP contribution in [0, 0.1) is 47.3 Å². The van der Waals surface area contributed by atoms with E-state index in [0.717, 1.165) is 5.57 Å². The zero-order valence-corrected chi connectivity index (χ0v) is 16.0. The standard InChI is InChI=1S/C19H24O8/c1-7-6-8-10-12(15(19(23)27-5)14(10)18(22)26-4)9(7)13(17(21)25-3)11(8)16(20)24-2/h6,8-15H,1-5H3. The Morgan fingerprint density at radius 2 is 1.07 bits per heavy atom. The SMILES string of the molecule is COC(=O)C1C2C=C(C)C(C1C(=O)OC)C1C(C(=O)OC)C(C(=O)OC)C21. The van der Waals surface area contributed by atoms with Crippen LogP contribution >= 0.6 is 0 Å². The second kappa shape index (κ2) is 6.98. The molecular weight excluding hydrogens is 356 g/mol. The van der Waals surface area contributed by atoms with Crippen molar-refractivity contribution in [3.63, 3.8) is 0 Å². The van der Waals surface area contributed by atoms with Crippen LogP contribution in [0.15, 0.2) is 11.6 Å². The Bertz CT molecular complexity index is 710. The van der Waals surface area contributed by atoms with Gasteiger partial charge in [0.25, 0.3) is 0 Å². The summed E-state index contributed by atoms with van der Waals surface area (Å²) in [7, 11) is 5.07. The Morgan fingerprint density at radius 1 is 0.667 bits per heavy atom. The van der Waals surface area contributed by atoms with Gasteiger partial charge in [0.1, 0.15) is 0 Å². The summed E-state index contributed by atoms with van der Waals surface area (Å²) in [5, 5.41) is 0. The fraction of sp³-hybridized carbons (Fsp3) is 0.684. The summed E-state index contributed by atoms with van der Waals surface area (Å²) in [5.41, 5.74) is 0.911. The summed E-state index contributed by atoms with van der Waals surface area (Å²) in [6, 6.07) is 0. The van der Waals surface area contributed by atoms with Gasteiger partial charge >= 0.3 is 23.9 Å². The lowest BCUT2D eigenvalue weighted by Crippen LogP contribution is -2.68. The Balaban J connectivity index is 2.10. The van der Waals surface area contributed by atoms with Gasteiger partial charge in [-0.2, -0.15) is 0 Å². The fourth-order valence-electron chi connectivity index (χ4n) is 5.68. The smallest absolute Gasteiger partial charge is 0.310 e. The van der Waals surface area contributed by atoms with Gasteiger partial charge in [-0.25, -0.2) is 0 Å². The molecule has 4 aliphatic carbocycles. The molecule has 0 saturated heterocycles. The van der Waals surface area contributed by atoms with E-state index in [-0.39, 0.29) is 11.8 Å². The molecule has 0 aromatic carbocycles. The van der Waals surface area contributed by atoms with Crippen LogP contribution in [0.3, 0.4) is 0 Å². The van der Waals surface area contributed by atoms with Crippen molar-refractivity contribution >= 4 is 23.9 Å². The number of hydrogen-bond donors (Lipinski definition) is 0. The van der Waals surface area contributed by atoms with E-state index in [0.29, 0.717) is 0 Å². The topological polar surface area (TPSA) is 105 Å². The maximum absolute atomic E-state index is 12.6. The third kappa shape index (κ3) is 2.56. The Kier molecular flexibility index (Phi) is 5.01. The quantitative estimate of drug-likeness (QED) is 0.397. The van der Waals surface area contributed by atoms with Gasteiger partial charge in [-0.1, -0.05) is 11.6 Å². The van der Waals surface area contributed by atoms with E-state index < -0.39 is 59.4 Å². The lowest BCUT2D eigenvalue weighted by atomic mass is 9.38. The molecule has 2 bridgehead atoms. The van der Waals surface area contributed by atoms with Crippen LogP contribution in [0.1, 0.15) is 6.92 Å². The number of ether oxygens (including phenoxy) is 4. The molecule has 0 aromatic heterocycles. The molecule has 0 spiro atoms. The largest absolute Gasteiger partial charge is 0.469 e. The van der Waals surface area contributed by atoms with E-state index in [1.165, 1.54) is 28.4 Å². The normalized spacial score (nSPS) is 38.6. The minimum atomic E-state index is -0.761. The van der Waals surface area contributed by atoms with Crippen molar-refractivity contribution in [3.8, 4) is 0 Å². The third-order valence-corrected chi connectivity index (χ3v) is 6.58. The number of esters is 4. The number of methoxy groups -OCH3 is 4. The molecule has 8 atom stereocenters. The van der Waals surface area contributed by atoms with Gasteiger partial charge in [-0.05, 0) is 30.6 Å². The van der Waals surface area contributed by atoms with Gasteiger partial charge in [-0.15, -0.1) is 0 Å². The Hall–Kier alpha value is -2.38. The van der Waals surface area contributed by atoms with Gasteiger partial charge in [-0.3, -0.25) is 19.2 Å². The molecular formula is C19H24O8. The van der Waals surface area contributed by atoms with Gasteiger partial charge in [0.2, 0.25) is 0 Å². The zero-order valence-electron chi connectivity index (χ0n) is 16.0. The number of hydrogen-bond acceptors (Lipinski definition) is 8. The summed E-state index contributed by atoms with van der Waals surface area (Å²) in [6.07, 6.45) is 1.93. The van der Waals surface area contributed by atoms with Gasteiger partial charge in [0.15, 0.2) is 0 Å². The average molecular weight is 380 g/mol. The maximum Gasteiger partial charge on any atom is 0.310 e. The first-order chi connectivity index (χ1) is 12.8. The lowest BCUT2D eigenvalue weighted by Gasteiger charge is -2.63. The second-order valence-electron chi connectivity index (χ2n) is 7.36. The molecule has 8 nitrogen and oxygen atoms in total. The maximum atomic E-state index is 12.6. The first-order valence-corrected chi connectivity index (χ1v) is 8.83. The monoisotopic (exact) mass is 380 g/mol. The summed E-state index contributed by atoms with van der Waals surface area (Å²) in [5.74, 6) is -6.40. The minimum absolute atomic E-state index is 0.290. The number of carbonyl (C=O) groups is 4. The summed E-state index contributed by atoms with van der Waals surface area (Å²) < 4.78 is 19.7. The first kappa shape index (κ1) is 19.4. The van der Waals surface area contributed by atoms with Gasteiger partial charge in [0.05, 0.1) is 52.1 Å². The van der Waals surface area contributed by atoms with Crippen molar-refractivity contribution in [2.45, 2.75) is 6.92 Å². The molecule has 27 heavy (non-hydrogen) atoms. The third-order valence-electron chi connectivity index (χ3n) is 6.58. The number of rotatable bonds is 4. The second-order valence-corrected chi connectivity index (χ2v) is 7.36. The van der Waals surface area contributed by atoms with E-state index in [9.17, 15) is 19.2 Å². The number of fused-ring (bicyclic) bond motifs is 1. The van der Waals surface area contributed by atoms with Crippen molar-refractivity contribution in [3.05, 3.63) is 11.6 Å². The van der Waals surface area contributed by atoms with E-state index in [1.54, 1.807) is 0 Å². The van der Waals surface area contributed by atoms with Crippen molar-refractivity contribution < 1.29 is 38.1 Å². The van der Waals surface area contributed by atoms with Crippen molar-refractivity contribution in [1.82, 2.24) is 0 Å². The molecule has 148 valence electrons. The summed E-state index contributed by atoms with van der Waals surface area (Å²) in [6.45, 7) is 1.87. The molecule has 0 aromatic rings. The van der Waals surface area contributed by atoms with Crippen LogP contribution in [-0.4, -0.2) is 52.3 Å². The molecule has 2 fully saturated rings. The highest BCUT2D eigenvalue weighted by atomic mass is 16.5. The Morgan fingerprint density at radius 3 is 1.56 bits per heavy atom. The molecule has 0 N–H and O–H groups in total. The average Bonchev–Trinajstić information content (AvgIpc) is 2.66. The van der Waals surface area contributed by atoms with E-state index in [1.807, 2.05) is 13.0 Å². The van der Waals surface area contributed by atoms with E-state index in [4.69, 9.17) is 18.9 Å². The van der Waals surface area contributed by atoms with Crippen LogP contribution in [-0.2, 0) is 38.1 Å². The molecule has 4 rings (SSSR count). The number of carbonyl (C=O) groups excluding carboxylic acids is 4. The van der Waals surface area contributed by atoms with Crippen molar-refractivity contribution in [2.24, 2.45) is 47.3 Å². The molecule has 0 aliphatic heterocycles. The molecule has 0 radical (unpaired) electrons. The minimum Gasteiger partial charge on any atom is -0.469 e. The molecule has 2 saturated carbocycles. The molecule has 0 heterocycles. The van der Waals surface area contributed by atoms with Gasteiger partial charge in [0, 0.05) is 0 Å². The van der Waals surface area contributed by atoms with Gasteiger partial charge < -0.3 is 18.9 Å². The van der Waals surface area contributed by atoms with E-state index >= 15 is 0 Å². The number of allylic oxidation sites excluding steroid dienone is 2. The highest BCUT2D eigenvalue weighted by Crippen LogP contribution is 2.66. The summed E-state index contributed by atoms with van der Waals surface area (Å²) >= 11 is 0. The lowest BCUT2D eigenvalue weighted by molar-refractivity contribution is -0.211. The highest BCUT2D eigenvalue weighted by Gasteiger charge is 2.71. The van der Waals surface area contributed by atoms with Crippen LogP contribution < -0.4 is 0 Å². The molecule has 8 heteroatoms. The molecule has 0 amide bonds. The van der Waals surface area contributed by atoms with Crippen molar-refractivity contribution in [1.29, 1.82) is 0 Å². The van der Waals surface area contributed by atoms with Crippen LogP contribution in [0.4, 0.5) is 0 Å². The fourth-order valence-corrected chi connectivity index (χ4v) is 5.68. The molecule has 4 aliphatic rings. The predicted molar refractivity (Wildman–Crippen MR) is 89.7 cm³/mol. The van der Waals surface area contributed by atoms with Crippen LogP contribution in [0.5, 0.6) is 0 Å². The van der Waals surface area contributed by atoms with E-state index in [2.05, 4.69) is 0 Å². The Labute approximate surface area is 157 Å². The van der Waals surface area contributed by atoms with Crippen LogP contribution in [0.2, 0.25) is 0 Å². The predicted octanol–water partition coefficient (Wildman–Crippen LogP) is 0.595.